The second kappa shape index (κ2) is 8.37. The Morgan fingerprint density at radius 1 is 1.22 bits per heavy atom. The van der Waals surface area contributed by atoms with Crippen molar-refractivity contribution in [2.45, 2.75) is 50.2 Å². The third kappa shape index (κ3) is 4.66. The Morgan fingerprint density at radius 2 is 1.96 bits per heavy atom. The van der Waals surface area contributed by atoms with Crippen molar-refractivity contribution in [2.75, 3.05) is 18.5 Å². The SMILES string of the molecule is C[C@H](O)C(CO)OC(O)[C@H](CO)Nc1ccc2c(C3CC3)cc(=O)oc2c1. The Hall–Kier alpha value is -1.97. The van der Waals surface area contributed by atoms with Gasteiger partial charge in [-0.15, -0.1) is 0 Å². The smallest absolute Gasteiger partial charge is 0.336 e. The molecular formula is C19H25NO7. The fraction of sp³-hybridized carbons (Fsp3) is 0.526. The third-order valence-electron chi connectivity index (χ3n) is 4.72. The van der Waals surface area contributed by atoms with Gasteiger partial charge in [0.25, 0.3) is 0 Å². The molecule has 0 spiro atoms. The van der Waals surface area contributed by atoms with Crippen molar-refractivity contribution in [1.29, 1.82) is 0 Å². The number of fused-ring (bicyclic) bond motifs is 1. The standard InChI is InChI=1S/C19H25NO7/c1-10(23)17(9-22)27-19(25)15(8-21)20-12-4-5-13-14(11-2-3-11)7-18(24)26-16(13)6-12/h4-7,10-11,15,17,19-23,25H,2-3,8-9H2,1H3/t10-,15-,17?,19?/m0/s1. The molecule has 1 aromatic heterocycles. The summed E-state index contributed by atoms with van der Waals surface area (Å²) >= 11 is 0. The van der Waals surface area contributed by atoms with Gasteiger partial charge in [-0.25, -0.2) is 4.79 Å². The molecule has 2 aromatic rings. The lowest BCUT2D eigenvalue weighted by molar-refractivity contribution is -0.182. The van der Waals surface area contributed by atoms with Gasteiger partial charge < -0.3 is 34.9 Å². The third-order valence-corrected chi connectivity index (χ3v) is 4.72. The van der Waals surface area contributed by atoms with Crippen molar-refractivity contribution in [2.24, 2.45) is 0 Å². The van der Waals surface area contributed by atoms with E-state index in [-0.39, 0.29) is 0 Å². The lowest BCUT2D eigenvalue weighted by atomic mass is 10.1. The van der Waals surface area contributed by atoms with Crippen LogP contribution in [0.15, 0.2) is 33.5 Å². The molecule has 1 fully saturated rings. The van der Waals surface area contributed by atoms with Crippen molar-refractivity contribution in [1.82, 2.24) is 0 Å². The zero-order valence-corrected chi connectivity index (χ0v) is 15.0. The first kappa shape index (κ1) is 19.8. The van der Waals surface area contributed by atoms with E-state index in [1.165, 1.54) is 13.0 Å². The van der Waals surface area contributed by atoms with Crippen LogP contribution < -0.4 is 10.9 Å². The Balaban J connectivity index is 1.79. The number of aliphatic hydroxyl groups excluding tert-OH is 4. The number of anilines is 1. The van der Waals surface area contributed by atoms with Crippen molar-refractivity contribution < 1.29 is 29.6 Å². The van der Waals surface area contributed by atoms with Crippen LogP contribution in [0.4, 0.5) is 5.69 Å². The topological polar surface area (TPSA) is 132 Å². The van der Waals surface area contributed by atoms with Crippen molar-refractivity contribution in [3.63, 3.8) is 0 Å². The van der Waals surface area contributed by atoms with E-state index in [4.69, 9.17) is 9.15 Å². The molecule has 1 heterocycles. The first-order valence-corrected chi connectivity index (χ1v) is 9.00. The van der Waals surface area contributed by atoms with E-state index in [2.05, 4.69) is 5.32 Å². The van der Waals surface area contributed by atoms with E-state index in [9.17, 15) is 25.2 Å². The fourth-order valence-electron chi connectivity index (χ4n) is 3.01. The van der Waals surface area contributed by atoms with Crippen LogP contribution >= 0.6 is 0 Å². The molecule has 8 heteroatoms. The maximum absolute atomic E-state index is 11.8. The molecule has 1 saturated carbocycles. The molecule has 1 aliphatic rings. The normalized spacial score (nSPS) is 18.9. The Morgan fingerprint density at radius 3 is 2.56 bits per heavy atom. The Kier molecular flexibility index (Phi) is 6.13. The molecule has 2 unspecified atom stereocenters. The van der Waals surface area contributed by atoms with E-state index in [1.807, 2.05) is 6.07 Å². The summed E-state index contributed by atoms with van der Waals surface area (Å²) < 4.78 is 10.5. The highest BCUT2D eigenvalue weighted by atomic mass is 16.6. The number of hydrogen-bond donors (Lipinski definition) is 5. The summed E-state index contributed by atoms with van der Waals surface area (Å²) in [4.78, 5) is 11.8. The van der Waals surface area contributed by atoms with Crippen molar-refractivity contribution in [3.8, 4) is 0 Å². The Bertz CT molecular complexity index is 830. The van der Waals surface area contributed by atoms with Crippen molar-refractivity contribution in [3.05, 3.63) is 40.2 Å². The summed E-state index contributed by atoms with van der Waals surface area (Å²) in [6, 6.07) is 5.86. The zero-order chi connectivity index (χ0) is 19.6. The van der Waals surface area contributed by atoms with Crippen LogP contribution in [0.3, 0.4) is 0 Å². The van der Waals surface area contributed by atoms with Crippen LogP contribution in [0.5, 0.6) is 0 Å². The van der Waals surface area contributed by atoms with Gasteiger partial charge in [-0.1, -0.05) is 0 Å². The largest absolute Gasteiger partial charge is 0.423 e. The fourth-order valence-corrected chi connectivity index (χ4v) is 3.01. The van der Waals surface area contributed by atoms with E-state index in [0.29, 0.717) is 17.2 Å². The van der Waals surface area contributed by atoms with Crippen LogP contribution in [-0.2, 0) is 4.74 Å². The summed E-state index contributed by atoms with van der Waals surface area (Å²) in [5, 5.41) is 42.2. The molecule has 4 atom stereocenters. The number of aliphatic hydroxyl groups is 4. The summed E-state index contributed by atoms with van der Waals surface area (Å²) in [5.74, 6) is 0.395. The molecule has 0 saturated heterocycles. The molecule has 5 N–H and O–H groups in total. The first-order chi connectivity index (χ1) is 12.9. The predicted molar refractivity (Wildman–Crippen MR) is 98.6 cm³/mol. The summed E-state index contributed by atoms with van der Waals surface area (Å²) in [6.45, 7) is 0.499. The van der Waals surface area contributed by atoms with Crippen LogP contribution in [0.25, 0.3) is 11.0 Å². The molecule has 1 aromatic carbocycles. The van der Waals surface area contributed by atoms with Gasteiger partial charge in [0.2, 0.25) is 0 Å². The number of rotatable bonds is 9. The van der Waals surface area contributed by atoms with E-state index < -0.39 is 43.4 Å². The monoisotopic (exact) mass is 379 g/mol. The molecule has 0 amide bonds. The molecule has 0 aliphatic heterocycles. The summed E-state index contributed by atoms with van der Waals surface area (Å²) in [6.07, 6.45) is -1.32. The lowest BCUT2D eigenvalue weighted by Gasteiger charge is -2.28. The minimum Gasteiger partial charge on any atom is -0.423 e. The van der Waals surface area contributed by atoms with Crippen molar-refractivity contribution >= 4 is 16.7 Å². The van der Waals surface area contributed by atoms with Gasteiger partial charge in [0, 0.05) is 23.2 Å². The van der Waals surface area contributed by atoms with Gasteiger partial charge in [-0.3, -0.25) is 0 Å². The average molecular weight is 379 g/mol. The molecule has 1 aliphatic carbocycles. The minimum atomic E-state index is -1.47. The van der Waals surface area contributed by atoms with Crippen LogP contribution in [-0.4, -0.2) is 58.2 Å². The number of hydrogen-bond acceptors (Lipinski definition) is 8. The highest BCUT2D eigenvalue weighted by Gasteiger charge is 2.27. The van der Waals surface area contributed by atoms with Gasteiger partial charge in [0.1, 0.15) is 17.7 Å². The predicted octanol–water partition coefficient (Wildman–Crippen LogP) is 0.520. The van der Waals surface area contributed by atoms with E-state index >= 15 is 0 Å². The quantitative estimate of drug-likeness (QED) is 0.315. The van der Waals surface area contributed by atoms with E-state index in [1.54, 1.807) is 12.1 Å². The zero-order valence-electron chi connectivity index (χ0n) is 15.0. The van der Waals surface area contributed by atoms with E-state index in [0.717, 1.165) is 23.8 Å². The van der Waals surface area contributed by atoms with Gasteiger partial charge in [-0.2, -0.15) is 0 Å². The average Bonchev–Trinajstić information content (AvgIpc) is 3.47. The molecule has 0 bridgehead atoms. The molecule has 3 rings (SSSR count). The summed E-state index contributed by atoms with van der Waals surface area (Å²) in [7, 11) is 0. The maximum atomic E-state index is 11.8. The molecule has 8 nitrogen and oxygen atoms in total. The first-order valence-electron chi connectivity index (χ1n) is 9.00. The molecule has 148 valence electrons. The highest BCUT2D eigenvalue weighted by molar-refractivity contribution is 5.84. The van der Waals surface area contributed by atoms with Crippen LogP contribution in [0.1, 0.15) is 31.2 Å². The molecular weight excluding hydrogens is 354 g/mol. The van der Waals surface area contributed by atoms with Gasteiger partial charge in [0.15, 0.2) is 6.29 Å². The van der Waals surface area contributed by atoms with Gasteiger partial charge in [-0.05, 0) is 43.4 Å². The second-order valence-corrected chi connectivity index (χ2v) is 6.93. The van der Waals surface area contributed by atoms with Gasteiger partial charge in [0.05, 0.1) is 19.3 Å². The molecule has 27 heavy (non-hydrogen) atoms. The summed E-state index contributed by atoms with van der Waals surface area (Å²) in [5.41, 5.74) is 1.53. The lowest BCUT2D eigenvalue weighted by Crippen LogP contribution is -2.44. The molecule has 0 radical (unpaired) electrons. The van der Waals surface area contributed by atoms with Crippen LogP contribution in [0, 0.1) is 0 Å². The van der Waals surface area contributed by atoms with Crippen LogP contribution in [0.2, 0.25) is 0 Å². The highest BCUT2D eigenvalue weighted by Crippen LogP contribution is 2.42. The Labute approximate surface area is 156 Å². The maximum Gasteiger partial charge on any atom is 0.336 e. The number of nitrogens with one attached hydrogen (secondary N) is 1. The number of benzene rings is 1. The minimum absolute atomic E-state index is 0.395. The van der Waals surface area contributed by atoms with Gasteiger partial charge >= 0.3 is 5.63 Å². The second-order valence-electron chi connectivity index (χ2n) is 6.93. The number of ether oxygens (including phenoxy) is 1.